The van der Waals surface area contributed by atoms with Gasteiger partial charge in [0.1, 0.15) is 0 Å². The maximum Gasteiger partial charge on any atom is 0.243 e. The normalized spacial score (nSPS) is 20.0. The molecule has 0 unspecified atom stereocenters. The molecule has 1 spiro atoms. The van der Waals surface area contributed by atoms with E-state index in [9.17, 15) is 4.79 Å². The van der Waals surface area contributed by atoms with E-state index in [4.69, 9.17) is 0 Å². The molecular weight excluding hydrogens is 288 g/mol. The minimum absolute atomic E-state index is 0.0490. The van der Waals surface area contributed by atoms with Crippen molar-refractivity contribution in [1.82, 2.24) is 10.2 Å². The first-order chi connectivity index (χ1) is 11.2. The van der Waals surface area contributed by atoms with Gasteiger partial charge < -0.3 is 15.5 Å². The number of nitrogens with zero attached hydrogens (tertiary/aromatic N) is 2. The molecule has 1 amide bonds. The third-order valence-electron chi connectivity index (χ3n) is 5.08. The second-order valence-corrected chi connectivity index (χ2v) is 6.69. The Morgan fingerprint density at radius 2 is 1.96 bits per heavy atom. The topological polar surface area (TPSA) is 56.7 Å². The van der Waals surface area contributed by atoms with E-state index in [0.29, 0.717) is 5.41 Å². The highest BCUT2D eigenvalue weighted by Crippen LogP contribution is 2.45. The Morgan fingerprint density at radius 1 is 1.22 bits per heavy atom. The first-order valence-corrected chi connectivity index (χ1v) is 8.51. The van der Waals surface area contributed by atoms with Crippen LogP contribution < -0.4 is 10.6 Å². The molecule has 3 rings (SSSR count). The fourth-order valence-electron chi connectivity index (χ4n) is 3.87. The Balaban J connectivity index is 1.49. The molecule has 5 nitrogen and oxygen atoms in total. The van der Waals surface area contributed by atoms with Gasteiger partial charge in [0.25, 0.3) is 0 Å². The van der Waals surface area contributed by atoms with Crippen LogP contribution in [-0.4, -0.2) is 43.4 Å². The maximum atomic E-state index is 12.1. The summed E-state index contributed by atoms with van der Waals surface area (Å²) >= 11 is 0. The molecule has 1 saturated heterocycles. The standard InChI is InChI=1S/C18H26N4O/c1-19-17(22-12-11-18(14-22)9-5-6-10-18)20-13-16(23)21-15-7-3-2-4-8-15/h2-4,7-8H,5-6,9-14H2,1H3,(H,19,20)(H,21,23). The quantitative estimate of drug-likeness (QED) is 0.665. The Morgan fingerprint density at radius 3 is 2.65 bits per heavy atom. The highest BCUT2D eigenvalue weighted by Gasteiger charge is 2.41. The van der Waals surface area contributed by atoms with Gasteiger partial charge in [-0.2, -0.15) is 0 Å². The monoisotopic (exact) mass is 314 g/mol. The highest BCUT2D eigenvalue weighted by molar-refractivity contribution is 5.95. The molecule has 1 saturated carbocycles. The molecule has 5 heteroatoms. The fourth-order valence-corrected chi connectivity index (χ4v) is 3.87. The summed E-state index contributed by atoms with van der Waals surface area (Å²) in [4.78, 5) is 18.7. The summed E-state index contributed by atoms with van der Waals surface area (Å²) in [5.74, 6) is 0.795. The lowest BCUT2D eigenvalue weighted by Crippen LogP contribution is -2.44. The first-order valence-electron chi connectivity index (χ1n) is 8.51. The lowest BCUT2D eigenvalue weighted by Gasteiger charge is -2.25. The minimum atomic E-state index is -0.0490. The average Bonchev–Trinajstić information content (AvgIpc) is 3.20. The van der Waals surface area contributed by atoms with Gasteiger partial charge in [0.05, 0.1) is 6.54 Å². The predicted molar refractivity (Wildman–Crippen MR) is 93.5 cm³/mol. The number of hydrogen-bond acceptors (Lipinski definition) is 2. The van der Waals surface area contributed by atoms with E-state index in [1.54, 1.807) is 7.05 Å². The second kappa shape index (κ2) is 7.02. The van der Waals surface area contributed by atoms with Crippen LogP contribution in [0.4, 0.5) is 5.69 Å². The number of carbonyl (C=O) groups excluding carboxylic acids is 1. The molecule has 0 atom stereocenters. The molecule has 1 aliphatic carbocycles. The van der Waals surface area contributed by atoms with E-state index in [1.165, 1.54) is 32.1 Å². The molecule has 2 fully saturated rings. The van der Waals surface area contributed by atoms with Crippen molar-refractivity contribution in [1.29, 1.82) is 0 Å². The number of benzene rings is 1. The second-order valence-electron chi connectivity index (χ2n) is 6.69. The van der Waals surface area contributed by atoms with E-state index >= 15 is 0 Å². The summed E-state index contributed by atoms with van der Waals surface area (Å²) < 4.78 is 0. The van der Waals surface area contributed by atoms with Crippen molar-refractivity contribution >= 4 is 17.6 Å². The number of likely N-dealkylation sites (tertiary alicyclic amines) is 1. The zero-order valence-corrected chi connectivity index (χ0v) is 13.8. The molecule has 0 aromatic heterocycles. The van der Waals surface area contributed by atoms with E-state index < -0.39 is 0 Å². The van der Waals surface area contributed by atoms with Gasteiger partial charge in [-0.1, -0.05) is 31.0 Å². The minimum Gasteiger partial charge on any atom is -0.347 e. The summed E-state index contributed by atoms with van der Waals surface area (Å²) in [7, 11) is 1.79. The summed E-state index contributed by atoms with van der Waals surface area (Å²) in [6, 6.07) is 9.52. The van der Waals surface area contributed by atoms with Crippen molar-refractivity contribution in [2.45, 2.75) is 32.1 Å². The number of anilines is 1. The highest BCUT2D eigenvalue weighted by atomic mass is 16.1. The first kappa shape index (κ1) is 15.8. The van der Waals surface area contributed by atoms with Gasteiger partial charge in [-0.05, 0) is 36.8 Å². The lowest BCUT2D eigenvalue weighted by molar-refractivity contribution is -0.115. The lowest BCUT2D eigenvalue weighted by atomic mass is 9.86. The molecule has 1 aromatic rings. The number of rotatable bonds is 3. The zero-order valence-electron chi connectivity index (χ0n) is 13.8. The third-order valence-corrected chi connectivity index (χ3v) is 5.08. The Labute approximate surface area is 138 Å². The van der Waals surface area contributed by atoms with Crippen molar-refractivity contribution < 1.29 is 4.79 Å². The van der Waals surface area contributed by atoms with Gasteiger partial charge in [0, 0.05) is 25.8 Å². The molecular formula is C18H26N4O. The number of hydrogen-bond donors (Lipinski definition) is 2. The van der Waals surface area contributed by atoms with Gasteiger partial charge in [0.2, 0.25) is 5.91 Å². The van der Waals surface area contributed by atoms with E-state index in [0.717, 1.165) is 24.7 Å². The Kier molecular flexibility index (Phi) is 4.84. The molecule has 2 aliphatic rings. The molecule has 124 valence electrons. The molecule has 1 aromatic carbocycles. The molecule has 1 aliphatic heterocycles. The van der Waals surface area contributed by atoms with Crippen LogP contribution >= 0.6 is 0 Å². The summed E-state index contributed by atoms with van der Waals surface area (Å²) in [5.41, 5.74) is 1.32. The average molecular weight is 314 g/mol. The molecule has 1 heterocycles. The predicted octanol–water partition coefficient (Wildman–Crippen LogP) is 2.47. The largest absolute Gasteiger partial charge is 0.347 e. The van der Waals surface area contributed by atoms with Gasteiger partial charge >= 0.3 is 0 Å². The summed E-state index contributed by atoms with van der Waals surface area (Å²) in [5, 5.41) is 6.09. The van der Waals surface area contributed by atoms with Gasteiger partial charge in [-0.15, -0.1) is 0 Å². The smallest absolute Gasteiger partial charge is 0.243 e. The van der Waals surface area contributed by atoms with Gasteiger partial charge in [-0.3, -0.25) is 9.79 Å². The van der Waals surface area contributed by atoms with E-state index in [2.05, 4.69) is 20.5 Å². The fraction of sp³-hybridized carbons (Fsp3) is 0.556. The number of para-hydroxylation sites is 1. The maximum absolute atomic E-state index is 12.1. The van der Waals surface area contributed by atoms with Crippen LogP contribution in [-0.2, 0) is 4.79 Å². The molecule has 23 heavy (non-hydrogen) atoms. The molecule has 0 bridgehead atoms. The van der Waals surface area contributed by atoms with Crippen molar-refractivity contribution in [2.24, 2.45) is 10.4 Å². The summed E-state index contributed by atoms with van der Waals surface area (Å²) in [6.45, 7) is 2.36. The number of carbonyl (C=O) groups is 1. The van der Waals surface area contributed by atoms with E-state index in [-0.39, 0.29) is 12.5 Å². The zero-order chi connectivity index (χ0) is 16.1. The number of amides is 1. The van der Waals surface area contributed by atoms with Crippen LogP contribution in [0.2, 0.25) is 0 Å². The van der Waals surface area contributed by atoms with Crippen LogP contribution in [0.5, 0.6) is 0 Å². The van der Waals surface area contributed by atoms with Gasteiger partial charge in [-0.25, -0.2) is 0 Å². The van der Waals surface area contributed by atoms with Crippen LogP contribution in [0.15, 0.2) is 35.3 Å². The SMILES string of the molecule is CN=C(NCC(=O)Nc1ccccc1)N1CCC2(CCCC2)C1. The summed E-state index contributed by atoms with van der Waals surface area (Å²) in [6.07, 6.45) is 6.66. The van der Waals surface area contributed by atoms with Crippen LogP contribution in [0.25, 0.3) is 0 Å². The number of aliphatic imine (C=N–C) groups is 1. The number of nitrogens with one attached hydrogen (secondary N) is 2. The van der Waals surface area contributed by atoms with Gasteiger partial charge in [0.15, 0.2) is 5.96 Å². The van der Waals surface area contributed by atoms with Crippen molar-refractivity contribution in [2.75, 3.05) is 32.0 Å². The van der Waals surface area contributed by atoms with Crippen LogP contribution in [0.3, 0.4) is 0 Å². The number of guanidine groups is 1. The Bertz CT molecular complexity index is 564. The third kappa shape index (κ3) is 3.84. The van der Waals surface area contributed by atoms with Crippen LogP contribution in [0, 0.1) is 5.41 Å². The van der Waals surface area contributed by atoms with Crippen molar-refractivity contribution in [3.63, 3.8) is 0 Å². The molecule has 0 radical (unpaired) electrons. The van der Waals surface area contributed by atoms with Crippen molar-refractivity contribution in [3.8, 4) is 0 Å². The van der Waals surface area contributed by atoms with Crippen molar-refractivity contribution in [3.05, 3.63) is 30.3 Å². The van der Waals surface area contributed by atoms with E-state index in [1.807, 2.05) is 30.3 Å². The van der Waals surface area contributed by atoms with Crippen LogP contribution in [0.1, 0.15) is 32.1 Å². The molecule has 2 N–H and O–H groups in total. The Hall–Kier alpha value is -2.04.